The van der Waals surface area contributed by atoms with E-state index in [1.807, 2.05) is 54.6 Å². The summed E-state index contributed by atoms with van der Waals surface area (Å²) in [5.41, 5.74) is 2.62. The van der Waals surface area contributed by atoms with Gasteiger partial charge in [-0.3, -0.25) is 0 Å². The van der Waals surface area contributed by atoms with E-state index in [1.165, 1.54) is 13.9 Å². The van der Waals surface area contributed by atoms with Gasteiger partial charge in [0.25, 0.3) is 0 Å². The maximum Gasteiger partial charge on any atom is 0.457 e. The summed E-state index contributed by atoms with van der Waals surface area (Å²) in [6, 6.07) is 28.0. The van der Waals surface area contributed by atoms with Crippen LogP contribution in [0.4, 0.5) is 0 Å². The monoisotopic (exact) mass is 509 g/mol. The molecular formula is C29H28BN3O5. The van der Waals surface area contributed by atoms with Crippen molar-refractivity contribution in [3.8, 4) is 11.4 Å². The second-order valence-corrected chi connectivity index (χ2v) is 9.65. The average Bonchev–Trinajstić information content (AvgIpc) is 3.21. The number of benzene rings is 3. The van der Waals surface area contributed by atoms with Crippen molar-refractivity contribution < 1.29 is 14.4 Å². The molecule has 0 spiro atoms. The number of aryl methyl sites for hydroxylation is 1. The highest BCUT2D eigenvalue weighted by atomic mass is 16.5. The fourth-order valence-electron chi connectivity index (χ4n) is 5.54. The van der Waals surface area contributed by atoms with Gasteiger partial charge in [0.1, 0.15) is 12.4 Å². The minimum atomic E-state index is -1.06. The number of ether oxygens (including phenoxy) is 1. The molecule has 3 aromatic carbocycles. The Morgan fingerprint density at radius 2 is 1.55 bits per heavy atom. The molecule has 0 radical (unpaired) electrons. The van der Waals surface area contributed by atoms with E-state index in [2.05, 4.69) is 12.1 Å². The summed E-state index contributed by atoms with van der Waals surface area (Å²) >= 11 is 0. The van der Waals surface area contributed by atoms with Crippen LogP contribution in [-0.2, 0) is 17.6 Å². The van der Waals surface area contributed by atoms with Crippen molar-refractivity contribution in [2.24, 2.45) is 0 Å². The van der Waals surface area contributed by atoms with Crippen LogP contribution < -0.4 is 16.1 Å². The summed E-state index contributed by atoms with van der Waals surface area (Å²) in [7, 11) is -1.06. The van der Waals surface area contributed by atoms with Crippen molar-refractivity contribution in [2.45, 2.75) is 37.9 Å². The van der Waals surface area contributed by atoms with Gasteiger partial charge in [-0.1, -0.05) is 66.7 Å². The second-order valence-electron chi connectivity index (χ2n) is 9.65. The van der Waals surface area contributed by atoms with Gasteiger partial charge in [0, 0.05) is 6.32 Å². The Kier molecular flexibility index (Phi) is 6.61. The van der Waals surface area contributed by atoms with Gasteiger partial charge in [-0.2, -0.15) is 0 Å². The van der Waals surface area contributed by atoms with Crippen molar-refractivity contribution in [3.63, 3.8) is 0 Å². The van der Waals surface area contributed by atoms with Crippen molar-refractivity contribution in [1.29, 1.82) is 0 Å². The van der Waals surface area contributed by atoms with Gasteiger partial charge >= 0.3 is 18.5 Å². The van der Waals surface area contributed by atoms with Crippen LogP contribution in [-0.4, -0.2) is 38.8 Å². The Bertz CT molecular complexity index is 1560. The number of aromatic nitrogens is 3. The molecule has 38 heavy (non-hydrogen) atoms. The van der Waals surface area contributed by atoms with Crippen molar-refractivity contribution in [1.82, 2.24) is 13.9 Å². The Morgan fingerprint density at radius 3 is 2.26 bits per heavy atom. The van der Waals surface area contributed by atoms with Crippen LogP contribution in [0.25, 0.3) is 5.69 Å². The van der Waals surface area contributed by atoms with Gasteiger partial charge in [-0.05, 0) is 53.8 Å². The number of hydrogen-bond donors (Lipinski definition) is 1. The van der Waals surface area contributed by atoms with Crippen LogP contribution in [0.15, 0.2) is 112 Å². The summed E-state index contributed by atoms with van der Waals surface area (Å²) in [5, 5.41) is 10.7. The predicted molar refractivity (Wildman–Crippen MR) is 145 cm³/mol. The maximum atomic E-state index is 13.7. The zero-order valence-corrected chi connectivity index (χ0v) is 20.8. The highest BCUT2D eigenvalue weighted by molar-refractivity contribution is 6.43. The van der Waals surface area contributed by atoms with Crippen LogP contribution in [0.2, 0.25) is 6.32 Å². The van der Waals surface area contributed by atoms with E-state index in [4.69, 9.17) is 9.39 Å². The highest BCUT2D eigenvalue weighted by Crippen LogP contribution is 2.39. The second kappa shape index (κ2) is 10.4. The van der Waals surface area contributed by atoms with Crippen LogP contribution in [0.3, 0.4) is 0 Å². The fourth-order valence-corrected chi connectivity index (χ4v) is 5.54. The van der Waals surface area contributed by atoms with Crippen LogP contribution in [0.1, 0.15) is 18.0 Å². The molecule has 2 atom stereocenters. The lowest BCUT2D eigenvalue weighted by Gasteiger charge is -2.40. The van der Waals surface area contributed by atoms with Gasteiger partial charge in [-0.15, -0.1) is 0 Å². The summed E-state index contributed by atoms with van der Waals surface area (Å²) in [5.74, 6) is 0.715. The van der Waals surface area contributed by atoms with E-state index in [0.29, 0.717) is 17.9 Å². The standard InChI is InChI=1S/C29H28BN3O5/c34-28-31-19-22(20-37-24-14-8-3-9-15-24)27-25(33(31)29(35)32(28)23-12-6-2-7-13-23)18-30(36)38-26(27)17-16-21-10-4-1-5-11-21/h1-15,25-26,36H,16-20H2/t25-,26+/m0/s1. The van der Waals surface area contributed by atoms with Gasteiger partial charge in [0.15, 0.2) is 0 Å². The third kappa shape index (κ3) is 4.55. The zero-order valence-electron chi connectivity index (χ0n) is 20.8. The largest absolute Gasteiger partial charge is 0.489 e. The van der Waals surface area contributed by atoms with Crippen LogP contribution in [0, 0.1) is 0 Å². The number of hydrogen-bond acceptors (Lipinski definition) is 5. The van der Waals surface area contributed by atoms with E-state index >= 15 is 0 Å². The van der Waals surface area contributed by atoms with Crippen LogP contribution in [0.5, 0.6) is 5.75 Å². The first-order valence-electron chi connectivity index (χ1n) is 12.9. The minimum absolute atomic E-state index is 0.171. The molecule has 1 aromatic heterocycles. The molecule has 192 valence electrons. The average molecular weight is 509 g/mol. The Labute approximate surface area is 220 Å². The van der Waals surface area contributed by atoms with Crippen molar-refractivity contribution >= 4 is 7.12 Å². The summed E-state index contributed by atoms with van der Waals surface area (Å²) in [6.07, 6.45) is 1.12. The molecule has 1 N–H and O–H groups in total. The van der Waals surface area contributed by atoms with E-state index in [9.17, 15) is 14.6 Å². The molecule has 1 saturated heterocycles. The lowest BCUT2D eigenvalue weighted by Crippen LogP contribution is -2.47. The highest BCUT2D eigenvalue weighted by Gasteiger charge is 2.43. The predicted octanol–water partition coefficient (Wildman–Crippen LogP) is 3.24. The molecule has 0 saturated carbocycles. The van der Waals surface area contributed by atoms with E-state index < -0.39 is 30.6 Å². The van der Waals surface area contributed by atoms with Gasteiger partial charge in [-0.25, -0.2) is 23.5 Å². The first-order chi connectivity index (χ1) is 18.6. The number of para-hydroxylation sites is 2. The van der Waals surface area contributed by atoms with E-state index in [1.54, 1.807) is 24.3 Å². The molecule has 8 nitrogen and oxygen atoms in total. The Hall–Kier alpha value is -4.08. The molecule has 9 heteroatoms. The number of fused-ring (bicyclic) bond motifs is 3. The summed E-state index contributed by atoms with van der Waals surface area (Å²) in [6.45, 7) is 0.447. The number of nitrogens with zero attached hydrogens (tertiary/aromatic N) is 3. The molecule has 0 amide bonds. The lowest BCUT2D eigenvalue weighted by molar-refractivity contribution is 0.138. The van der Waals surface area contributed by atoms with Crippen molar-refractivity contribution in [2.75, 3.05) is 6.61 Å². The minimum Gasteiger partial charge on any atom is -0.489 e. The topological polar surface area (TPSA) is 87.6 Å². The molecule has 2 aliphatic heterocycles. The first kappa shape index (κ1) is 24.3. The normalized spacial score (nSPS) is 18.7. The van der Waals surface area contributed by atoms with Gasteiger partial charge in [0.05, 0.1) is 24.4 Å². The molecule has 0 unspecified atom stereocenters. The van der Waals surface area contributed by atoms with Gasteiger partial charge < -0.3 is 14.4 Å². The van der Waals surface area contributed by atoms with Crippen molar-refractivity contribution in [3.05, 3.63) is 129 Å². The van der Waals surface area contributed by atoms with Crippen LogP contribution >= 0.6 is 0 Å². The third-order valence-corrected chi connectivity index (χ3v) is 7.26. The van der Waals surface area contributed by atoms with E-state index in [-0.39, 0.29) is 19.5 Å². The smallest absolute Gasteiger partial charge is 0.457 e. The Balaban J connectivity index is 1.42. The molecule has 6 rings (SSSR count). The molecule has 3 heterocycles. The molecule has 1 fully saturated rings. The zero-order chi connectivity index (χ0) is 26.1. The first-order valence-corrected chi connectivity index (χ1v) is 12.9. The quantitative estimate of drug-likeness (QED) is 0.305. The number of rotatable bonds is 7. The van der Waals surface area contributed by atoms with E-state index in [0.717, 1.165) is 23.1 Å². The molecule has 2 aliphatic rings. The molecule has 0 aliphatic carbocycles. The summed E-state index contributed by atoms with van der Waals surface area (Å²) in [4.78, 5) is 27.2. The molecule has 0 bridgehead atoms. The maximum absolute atomic E-state index is 13.7. The van der Waals surface area contributed by atoms with Gasteiger partial charge in [0.2, 0.25) is 0 Å². The summed E-state index contributed by atoms with van der Waals surface area (Å²) < 4.78 is 16.4. The SMILES string of the molecule is O=c1n(-c2ccccc2)c(=O)n2n1CC(COc1ccccc1)=C1[C@@H](CCc3ccccc3)OB(O)C[C@@H]12. The molecule has 4 aromatic rings. The fraction of sp³-hybridized carbons (Fsp3) is 0.241. The lowest BCUT2D eigenvalue weighted by atomic mass is 9.71. The molecular weight excluding hydrogens is 481 g/mol. The Morgan fingerprint density at radius 1 is 0.895 bits per heavy atom. The third-order valence-electron chi connectivity index (χ3n) is 7.26.